The van der Waals surface area contributed by atoms with Crippen LogP contribution in [0.1, 0.15) is 13.3 Å². The number of rotatable bonds is 1. The van der Waals surface area contributed by atoms with Gasteiger partial charge in [0.1, 0.15) is 0 Å². The molecule has 0 spiro atoms. The summed E-state index contributed by atoms with van der Waals surface area (Å²) in [5, 5.41) is 9.03. The van der Waals surface area contributed by atoms with Crippen molar-refractivity contribution in [3.8, 4) is 0 Å². The van der Waals surface area contributed by atoms with Crippen molar-refractivity contribution < 1.29 is 9.90 Å². The number of carbonyl (C=O) groups excluding carboxylic acids is 1. The number of likely N-dealkylation sites (tertiary alicyclic amines) is 1. The van der Waals surface area contributed by atoms with Crippen molar-refractivity contribution in [2.75, 3.05) is 6.54 Å². The fourth-order valence-corrected chi connectivity index (χ4v) is 1.12. The first kappa shape index (κ1) is 7.85. The quantitative estimate of drug-likeness (QED) is 0.454. The summed E-state index contributed by atoms with van der Waals surface area (Å²) in [6, 6.07) is 0. The van der Waals surface area contributed by atoms with Crippen LogP contribution in [0.4, 0.5) is 0 Å². The lowest BCUT2D eigenvalue weighted by atomic mass is 10.2. The van der Waals surface area contributed by atoms with Gasteiger partial charge >= 0.3 is 0 Å². The summed E-state index contributed by atoms with van der Waals surface area (Å²) < 4.78 is 0. The predicted octanol–water partition coefficient (Wildman–Crippen LogP) is 1.19. The van der Waals surface area contributed by atoms with E-state index < -0.39 is 0 Å². The summed E-state index contributed by atoms with van der Waals surface area (Å²) in [5.41, 5.74) is 0.505. The highest BCUT2D eigenvalue weighted by Gasteiger charge is 2.25. The smallest absolute Gasteiger partial charge is 0.257 e. The average Bonchev–Trinajstić information content (AvgIpc) is 2.30. The van der Waals surface area contributed by atoms with E-state index in [1.165, 1.54) is 18.0 Å². The lowest BCUT2D eigenvalue weighted by Crippen LogP contribution is -2.18. The molecule has 0 saturated carbocycles. The van der Waals surface area contributed by atoms with E-state index in [2.05, 4.69) is 6.58 Å². The summed E-state index contributed by atoms with van der Waals surface area (Å²) >= 11 is 0. The highest BCUT2D eigenvalue weighted by atomic mass is 16.3. The molecular formula is C8H11NO2. The molecule has 1 aliphatic rings. The molecule has 0 radical (unpaired) electrons. The Morgan fingerprint density at radius 1 is 1.82 bits per heavy atom. The Morgan fingerprint density at radius 3 is 2.73 bits per heavy atom. The molecule has 0 atom stereocenters. The molecule has 0 unspecified atom stereocenters. The second-order valence-corrected chi connectivity index (χ2v) is 2.50. The molecule has 1 rings (SSSR count). The molecule has 1 amide bonds. The average molecular weight is 153 g/mol. The molecule has 0 aliphatic carbocycles. The van der Waals surface area contributed by atoms with Crippen LogP contribution in [0.3, 0.4) is 0 Å². The molecule has 1 fully saturated rings. The fourth-order valence-electron chi connectivity index (χ4n) is 1.12. The van der Waals surface area contributed by atoms with E-state index in [1.54, 1.807) is 0 Å². The van der Waals surface area contributed by atoms with E-state index in [0.29, 0.717) is 18.5 Å². The molecule has 1 aliphatic heterocycles. The Hall–Kier alpha value is -1.25. The van der Waals surface area contributed by atoms with Gasteiger partial charge in [0.05, 0.1) is 11.3 Å². The van der Waals surface area contributed by atoms with Crippen LogP contribution in [0.25, 0.3) is 0 Å². The van der Waals surface area contributed by atoms with Gasteiger partial charge in [-0.25, -0.2) is 0 Å². The van der Waals surface area contributed by atoms with Crippen LogP contribution >= 0.6 is 0 Å². The molecule has 0 aromatic rings. The standard InChI is InChI=1S/C8H11NO2/c1-3-9-5-4-7(6(2)10)8(9)11/h3,10H,1,4-5H2,2H3/b7-6-. The first-order chi connectivity index (χ1) is 5.16. The topological polar surface area (TPSA) is 40.5 Å². The minimum Gasteiger partial charge on any atom is -0.512 e. The van der Waals surface area contributed by atoms with Gasteiger partial charge in [-0.2, -0.15) is 0 Å². The van der Waals surface area contributed by atoms with Gasteiger partial charge in [0.25, 0.3) is 5.91 Å². The summed E-state index contributed by atoms with van der Waals surface area (Å²) in [4.78, 5) is 12.7. The van der Waals surface area contributed by atoms with E-state index in [1.807, 2.05) is 0 Å². The van der Waals surface area contributed by atoms with Crippen LogP contribution in [-0.4, -0.2) is 22.5 Å². The molecule has 0 aromatic heterocycles. The lowest BCUT2D eigenvalue weighted by molar-refractivity contribution is -0.122. The Kier molecular flexibility index (Phi) is 1.98. The first-order valence-corrected chi connectivity index (χ1v) is 3.49. The van der Waals surface area contributed by atoms with Crippen molar-refractivity contribution in [2.45, 2.75) is 13.3 Å². The summed E-state index contributed by atoms with van der Waals surface area (Å²) in [6.07, 6.45) is 2.10. The van der Waals surface area contributed by atoms with Crippen molar-refractivity contribution in [3.63, 3.8) is 0 Å². The molecule has 0 aromatic carbocycles. The minimum absolute atomic E-state index is 0.124. The Morgan fingerprint density at radius 2 is 2.45 bits per heavy atom. The molecule has 3 heteroatoms. The normalized spacial score (nSPS) is 22.3. The van der Waals surface area contributed by atoms with Gasteiger partial charge in [-0.05, 0) is 19.5 Å². The van der Waals surface area contributed by atoms with Gasteiger partial charge in [-0.3, -0.25) is 4.79 Å². The maximum absolute atomic E-state index is 11.2. The van der Waals surface area contributed by atoms with Crippen LogP contribution < -0.4 is 0 Å². The van der Waals surface area contributed by atoms with E-state index in [0.717, 1.165) is 0 Å². The molecule has 1 saturated heterocycles. The summed E-state index contributed by atoms with van der Waals surface area (Å²) in [5.74, 6) is -0.000602. The Balaban J connectivity index is 2.87. The zero-order valence-electron chi connectivity index (χ0n) is 6.50. The molecule has 60 valence electrons. The maximum atomic E-state index is 11.2. The number of nitrogens with zero attached hydrogens (tertiary/aromatic N) is 1. The second-order valence-electron chi connectivity index (χ2n) is 2.50. The van der Waals surface area contributed by atoms with E-state index in [-0.39, 0.29) is 11.7 Å². The number of aliphatic hydroxyl groups is 1. The number of amides is 1. The van der Waals surface area contributed by atoms with E-state index in [4.69, 9.17) is 5.11 Å². The number of aliphatic hydroxyl groups excluding tert-OH is 1. The number of allylic oxidation sites excluding steroid dienone is 1. The van der Waals surface area contributed by atoms with E-state index in [9.17, 15) is 4.79 Å². The zero-order valence-corrected chi connectivity index (χ0v) is 6.50. The Labute approximate surface area is 65.6 Å². The SMILES string of the molecule is C=CN1CC/C(=C(\C)O)C1=O. The minimum atomic E-state index is -0.125. The van der Waals surface area contributed by atoms with Crippen LogP contribution in [0.2, 0.25) is 0 Å². The van der Waals surface area contributed by atoms with Crippen LogP contribution in [-0.2, 0) is 4.79 Å². The van der Waals surface area contributed by atoms with Crippen molar-refractivity contribution in [2.24, 2.45) is 0 Å². The van der Waals surface area contributed by atoms with Gasteiger partial charge in [0, 0.05) is 6.54 Å². The monoisotopic (exact) mass is 153 g/mol. The molecule has 3 nitrogen and oxygen atoms in total. The molecule has 0 bridgehead atoms. The highest BCUT2D eigenvalue weighted by Crippen LogP contribution is 2.19. The van der Waals surface area contributed by atoms with Gasteiger partial charge in [0.2, 0.25) is 0 Å². The second kappa shape index (κ2) is 2.78. The number of carbonyl (C=O) groups is 1. The van der Waals surface area contributed by atoms with Gasteiger partial charge in [0.15, 0.2) is 0 Å². The molecule has 11 heavy (non-hydrogen) atoms. The predicted molar refractivity (Wildman–Crippen MR) is 41.9 cm³/mol. The summed E-state index contributed by atoms with van der Waals surface area (Å²) in [6.45, 7) is 5.65. The summed E-state index contributed by atoms with van der Waals surface area (Å²) in [7, 11) is 0. The molecule has 1 heterocycles. The third kappa shape index (κ3) is 1.27. The zero-order chi connectivity index (χ0) is 8.43. The van der Waals surface area contributed by atoms with Gasteiger partial charge in [-0.15, -0.1) is 0 Å². The van der Waals surface area contributed by atoms with Crippen molar-refractivity contribution >= 4 is 5.91 Å². The van der Waals surface area contributed by atoms with Crippen LogP contribution in [0.5, 0.6) is 0 Å². The third-order valence-electron chi connectivity index (χ3n) is 1.78. The third-order valence-corrected chi connectivity index (χ3v) is 1.78. The first-order valence-electron chi connectivity index (χ1n) is 3.49. The largest absolute Gasteiger partial charge is 0.512 e. The van der Waals surface area contributed by atoms with Gasteiger partial charge < -0.3 is 10.0 Å². The van der Waals surface area contributed by atoms with E-state index >= 15 is 0 Å². The van der Waals surface area contributed by atoms with Gasteiger partial charge in [-0.1, -0.05) is 6.58 Å². The van der Waals surface area contributed by atoms with Crippen LogP contribution in [0, 0.1) is 0 Å². The van der Waals surface area contributed by atoms with Crippen molar-refractivity contribution in [1.29, 1.82) is 0 Å². The number of hydrogen-bond donors (Lipinski definition) is 1. The fraction of sp³-hybridized carbons (Fsp3) is 0.375. The van der Waals surface area contributed by atoms with Crippen molar-refractivity contribution in [3.05, 3.63) is 24.1 Å². The highest BCUT2D eigenvalue weighted by molar-refractivity contribution is 5.96. The Bertz CT molecular complexity index is 226. The molecule has 1 N–H and O–H groups in total. The maximum Gasteiger partial charge on any atom is 0.257 e. The van der Waals surface area contributed by atoms with Crippen LogP contribution in [0.15, 0.2) is 24.1 Å². The molecular weight excluding hydrogens is 142 g/mol. The number of hydrogen-bond acceptors (Lipinski definition) is 2. The van der Waals surface area contributed by atoms with Crippen molar-refractivity contribution in [1.82, 2.24) is 4.90 Å². The lowest BCUT2D eigenvalue weighted by Gasteiger charge is -2.06.